The van der Waals surface area contributed by atoms with E-state index in [2.05, 4.69) is 31.1 Å². The van der Waals surface area contributed by atoms with Gasteiger partial charge in [0.25, 0.3) is 11.5 Å². The molecule has 174 valence electrons. The summed E-state index contributed by atoms with van der Waals surface area (Å²) in [5.41, 5.74) is 5.04. The van der Waals surface area contributed by atoms with Crippen molar-refractivity contribution in [1.82, 2.24) is 10.3 Å². The number of aromatic nitrogens is 1. The van der Waals surface area contributed by atoms with Crippen LogP contribution in [0.15, 0.2) is 23.0 Å². The fourth-order valence-corrected chi connectivity index (χ4v) is 5.47. The third-order valence-electron chi connectivity index (χ3n) is 7.17. The maximum atomic E-state index is 13.1. The van der Waals surface area contributed by atoms with Gasteiger partial charge in [0.15, 0.2) is 0 Å². The minimum Gasteiger partial charge on any atom is -0.348 e. The minimum absolute atomic E-state index is 0.151. The molecule has 0 bridgehead atoms. The molecule has 1 aromatic heterocycles. The number of carbonyl (C=O) groups excluding carboxylic acids is 1. The van der Waals surface area contributed by atoms with Gasteiger partial charge in [-0.05, 0) is 105 Å². The summed E-state index contributed by atoms with van der Waals surface area (Å²) in [6.07, 6.45) is 6.83. The summed E-state index contributed by atoms with van der Waals surface area (Å²) in [5.74, 6) is 2.07. The third-order valence-corrected chi connectivity index (χ3v) is 7.39. The normalized spacial score (nSPS) is 18.7. The number of benzene rings is 1. The number of rotatable bonds is 7. The summed E-state index contributed by atoms with van der Waals surface area (Å²) in [7, 11) is 0. The van der Waals surface area contributed by atoms with E-state index in [4.69, 9.17) is 11.6 Å². The molecule has 2 aromatic rings. The monoisotopic (exact) mass is 456 g/mol. The smallest absolute Gasteiger partial charge is 0.253 e. The number of amides is 1. The highest BCUT2D eigenvalue weighted by Gasteiger charge is 2.25. The topological polar surface area (TPSA) is 62.0 Å². The fourth-order valence-electron chi connectivity index (χ4n) is 5.23. The molecule has 0 saturated heterocycles. The van der Waals surface area contributed by atoms with Gasteiger partial charge in [-0.3, -0.25) is 9.59 Å². The van der Waals surface area contributed by atoms with Crippen LogP contribution in [0.1, 0.15) is 84.8 Å². The van der Waals surface area contributed by atoms with Crippen LogP contribution >= 0.6 is 11.6 Å². The zero-order chi connectivity index (χ0) is 23.4. The number of halogens is 1. The average Bonchev–Trinajstić information content (AvgIpc) is 2.72. The quantitative estimate of drug-likeness (QED) is 0.525. The highest BCUT2D eigenvalue weighted by Crippen LogP contribution is 2.36. The second-order valence-corrected chi connectivity index (χ2v) is 10.2. The molecule has 1 fully saturated rings. The summed E-state index contributed by atoms with van der Waals surface area (Å²) in [5, 5.41) is 3.55. The molecular formula is C27H37ClN2O2. The number of carbonyl (C=O) groups is 1. The lowest BCUT2D eigenvalue weighted by Gasteiger charge is -2.31. The predicted octanol–water partition coefficient (Wildman–Crippen LogP) is 6.14. The van der Waals surface area contributed by atoms with Crippen molar-refractivity contribution in [1.29, 1.82) is 0 Å². The van der Waals surface area contributed by atoms with E-state index in [1.165, 1.54) is 31.2 Å². The number of nitrogens with one attached hydrogen (secondary N) is 2. The van der Waals surface area contributed by atoms with Crippen molar-refractivity contribution in [2.75, 3.05) is 0 Å². The molecule has 32 heavy (non-hydrogen) atoms. The Balaban J connectivity index is 1.76. The first-order chi connectivity index (χ1) is 15.2. The van der Waals surface area contributed by atoms with Crippen LogP contribution in [0.5, 0.6) is 0 Å². The van der Waals surface area contributed by atoms with E-state index in [1.807, 2.05) is 26.0 Å². The van der Waals surface area contributed by atoms with Gasteiger partial charge in [-0.25, -0.2) is 0 Å². The number of hydrogen-bond donors (Lipinski definition) is 2. The van der Waals surface area contributed by atoms with Gasteiger partial charge in [0.1, 0.15) is 0 Å². The third kappa shape index (κ3) is 5.83. The fraction of sp³-hybridized carbons (Fsp3) is 0.556. The zero-order valence-electron chi connectivity index (χ0n) is 20.1. The van der Waals surface area contributed by atoms with Gasteiger partial charge in [0.05, 0.1) is 0 Å². The highest BCUT2D eigenvalue weighted by atomic mass is 35.5. The van der Waals surface area contributed by atoms with Crippen molar-refractivity contribution in [3.05, 3.63) is 67.1 Å². The first kappa shape index (κ1) is 24.6. The molecule has 0 aliphatic heterocycles. The van der Waals surface area contributed by atoms with Crippen LogP contribution in [-0.4, -0.2) is 10.9 Å². The molecular weight excluding hydrogens is 420 g/mol. The van der Waals surface area contributed by atoms with E-state index in [-0.39, 0.29) is 18.0 Å². The maximum absolute atomic E-state index is 13.1. The van der Waals surface area contributed by atoms with Crippen LogP contribution in [0.3, 0.4) is 0 Å². The standard InChI is InChI=1S/C27H37ClN2O2/c1-6-23-21(12-19-7-9-20(10-8-19)16(2)3)13-22(28)14-24(23)26(31)29-15-25-17(4)11-18(5)30-27(25)32/h11,13-14,16,19-20H,6-10,12,15H2,1-5H3,(H,29,31)(H,30,32). The number of H-pyrrole nitrogens is 1. The maximum Gasteiger partial charge on any atom is 0.253 e. The van der Waals surface area contributed by atoms with Crippen molar-refractivity contribution in [3.8, 4) is 0 Å². The van der Waals surface area contributed by atoms with Crippen LogP contribution in [0.4, 0.5) is 0 Å². The molecule has 1 aliphatic rings. The second-order valence-electron chi connectivity index (χ2n) is 9.80. The molecule has 1 aromatic carbocycles. The highest BCUT2D eigenvalue weighted by molar-refractivity contribution is 6.31. The predicted molar refractivity (Wildman–Crippen MR) is 133 cm³/mol. The number of aryl methyl sites for hydroxylation is 2. The SMILES string of the molecule is CCc1c(CC2CCC(C(C)C)CC2)cc(Cl)cc1C(=O)NCc1c(C)cc(C)[nH]c1=O. The van der Waals surface area contributed by atoms with E-state index in [0.717, 1.165) is 41.5 Å². The minimum atomic E-state index is -0.173. The number of hydrogen-bond acceptors (Lipinski definition) is 2. The molecule has 2 N–H and O–H groups in total. The molecule has 3 rings (SSSR count). The van der Waals surface area contributed by atoms with Crippen molar-refractivity contribution < 1.29 is 4.79 Å². The Bertz CT molecular complexity index is 1020. The van der Waals surface area contributed by atoms with E-state index in [9.17, 15) is 9.59 Å². The second kappa shape index (κ2) is 10.7. The lowest BCUT2D eigenvalue weighted by molar-refractivity contribution is 0.0949. The van der Waals surface area contributed by atoms with Crippen LogP contribution in [-0.2, 0) is 19.4 Å². The summed E-state index contributed by atoms with van der Waals surface area (Å²) in [6, 6.07) is 5.73. The number of pyridine rings is 1. The number of aromatic amines is 1. The molecule has 1 aliphatic carbocycles. The molecule has 5 heteroatoms. The Hall–Kier alpha value is -2.07. The lowest BCUT2D eigenvalue weighted by Crippen LogP contribution is -2.29. The Morgan fingerprint density at radius 1 is 1.12 bits per heavy atom. The Morgan fingerprint density at radius 2 is 1.81 bits per heavy atom. The summed E-state index contributed by atoms with van der Waals surface area (Å²) < 4.78 is 0. The summed E-state index contributed by atoms with van der Waals surface area (Å²) >= 11 is 6.46. The van der Waals surface area contributed by atoms with E-state index in [0.29, 0.717) is 22.1 Å². The molecule has 4 nitrogen and oxygen atoms in total. The van der Waals surface area contributed by atoms with Crippen LogP contribution in [0.2, 0.25) is 5.02 Å². The lowest BCUT2D eigenvalue weighted by atomic mass is 9.74. The average molecular weight is 457 g/mol. The van der Waals surface area contributed by atoms with Crippen LogP contribution < -0.4 is 10.9 Å². The van der Waals surface area contributed by atoms with Gasteiger partial charge in [0, 0.05) is 28.4 Å². The Morgan fingerprint density at radius 3 is 2.41 bits per heavy atom. The summed E-state index contributed by atoms with van der Waals surface area (Å²) in [4.78, 5) is 28.2. The van der Waals surface area contributed by atoms with E-state index < -0.39 is 0 Å². The molecule has 1 heterocycles. The Kier molecular flexibility index (Phi) is 8.21. The van der Waals surface area contributed by atoms with Crippen molar-refractivity contribution >= 4 is 17.5 Å². The van der Waals surface area contributed by atoms with Gasteiger partial charge < -0.3 is 10.3 Å². The van der Waals surface area contributed by atoms with Gasteiger partial charge in [0.2, 0.25) is 0 Å². The first-order valence-corrected chi connectivity index (χ1v) is 12.4. The molecule has 1 saturated carbocycles. The summed E-state index contributed by atoms with van der Waals surface area (Å²) in [6.45, 7) is 10.7. The molecule has 0 atom stereocenters. The Labute approximate surface area is 197 Å². The molecule has 0 unspecified atom stereocenters. The van der Waals surface area contributed by atoms with E-state index in [1.54, 1.807) is 6.07 Å². The first-order valence-electron chi connectivity index (χ1n) is 12.0. The van der Waals surface area contributed by atoms with Gasteiger partial charge in [-0.1, -0.05) is 32.4 Å². The zero-order valence-corrected chi connectivity index (χ0v) is 20.9. The van der Waals surface area contributed by atoms with Gasteiger partial charge in [-0.15, -0.1) is 0 Å². The van der Waals surface area contributed by atoms with Crippen molar-refractivity contribution in [3.63, 3.8) is 0 Å². The molecule has 0 radical (unpaired) electrons. The largest absolute Gasteiger partial charge is 0.348 e. The van der Waals surface area contributed by atoms with Crippen molar-refractivity contribution in [2.45, 2.75) is 79.7 Å². The van der Waals surface area contributed by atoms with Gasteiger partial charge in [-0.2, -0.15) is 0 Å². The molecule has 0 spiro atoms. The van der Waals surface area contributed by atoms with Crippen LogP contribution in [0.25, 0.3) is 0 Å². The van der Waals surface area contributed by atoms with Crippen LogP contribution in [0, 0.1) is 31.6 Å². The molecule has 1 amide bonds. The van der Waals surface area contributed by atoms with Gasteiger partial charge >= 0.3 is 0 Å². The van der Waals surface area contributed by atoms with Crippen molar-refractivity contribution in [2.24, 2.45) is 17.8 Å². The van der Waals surface area contributed by atoms with E-state index >= 15 is 0 Å².